The lowest BCUT2D eigenvalue weighted by Gasteiger charge is -2.30. The summed E-state index contributed by atoms with van der Waals surface area (Å²) >= 11 is 0. The Labute approximate surface area is 801 Å². The quantitative estimate of drug-likeness (QED) is 0.0179. The number of carbonyl (C=O) groups excluding carboxylic acids is 8. The number of carbonyl (C=O) groups is 8. The number of hydrogen-bond acceptors (Lipinski definition) is 12. The van der Waals surface area contributed by atoms with Gasteiger partial charge in [-0.2, -0.15) is 0 Å². The van der Waals surface area contributed by atoms with Crippen molar-refractivity contribution in [2.45, 2.75) is 450 Å². The smallest absolute Gasteiger partial charge is 0.408 e. The minimum atomic E-state index is -0.541. The SMILES string of the molecule is C=C(CCc1ccccc1)C[C@H](C(=C)C[C@H](C(=C)CCCCCCCCCCCCCCCCCCC)C(C)C)C(C)C.CCC(C)[C@H](CC(=O)OCc1ccccc1)C(=O)NCCCCCCCCCCCCCC(=O)[C@@H](NC(=O)OCc1ccccc1)C(C)CC.CCOC(=O)C[C@H](C(=O)NCCCCCCCCCCCCCC(=O)[C@@H](NC(=O)OCC)C(C)C)C(C)C. The van der Waals surface area contributed by atoms with Crippen LogP contribution in [0.15, 0.2) is 127 Å². The van der Waals surface area contributed by atoms with Crippen molar-refractivity contribution in [3.8, 4) is 0 Å². The van der Waals surface area contributed by atoms with Crippen LogP contribution in [0.25, 0.3) is 0 Å². The highest BCUT2D eigenvalue weighted by Crippen LogP contribution is 2.37. The molecule has 746 valence electrons. The molecule has 0 spiro atoms. The van der Waals surface area contributed by atoms with Gasteiger partial charge in [-0.1, -0.05) is 449 Å². The Bertz CT molecular complexity index is 3260. The number of alkyl carbamates (subject to hydrolysis) is 2. The Hall–Kier alpha value is -7.36. The van der Waals surface area contributed by atoms with Crippen molar-refractivity contribution in [2.75, 3.05) is 26.3 Å². The third-order valence-electron chi connectivity index (χ3n) is 26.4. The molecule has 0 aliphatic carbocycles. The van der Waals surface area contributed by atoms with E-state index in [0.29, 0.717) is 62.8 Å². The van der Waals surface area contributed by atoms with E-state index in [-0.39, 0.29) is 96.9 Å². The van der Waals surface area contributed by atoms with Crippen LogP contribution in [0.4, 0.5) is 9.59 Å². The summed E-state index contributed by atoms with van der Waals surface area (Å²) in [6.45, 7) is 47.3. The summed E-state index contributed by atoms with van der Waals surface area (Å²) in [5.74, 6) is 1.30. The predicted octanol–water partition coefficient (Wildman–Crippen LogP) is 30.5. The second-order valence-corrected chi connectivity index (χ2v) is 39.2. The normalized spacial score (nSPS) is 13.1. The zero-order valence-electron chi connectivity index (χ0n) is 86.2. The molecule has 0 fully saturated rings. The molecule has 0 bridgehead atoms. The lowest BCUT2D eigenvalue weighted by Crippen LogP contribution is -2.45. The molecular weight excluding hydrogens is 1630 g/mol. The molecule has 4 N–H and O–H groups in total. The van der Waals surface area contributed by atoms with Gasteiger partial charge in [-0.15, -0.1) is 0 Å². The van der Waals surface area contributed by atoms with Gasteiger partial charge in [-0.05, 0) is 142 Å². The standard InChI is InChI=1S/C43H74.C42H64N2O6.C30H56N2O6/c1-9-10-11-12-13-14-15-16-17-18-19-20-21-22-23-24-26-29-39(7)43(37(4)5)35-40(8)42(36(2)3)34-38(6)32-33-41-30-27-25-28-31-41;1-5-33(3)37(30-39(46)49-31-35-24-18-16-19-25-35)41(47)43-29-23-15-13-11-9-7-8-10-12-14-22-28-38(45)40(34(4)6-2)44-42(48)50-32-36-26-20-17-21-27-36;1-7-37-27(34)22-25(23(3)4)29(35)31-21-19-17-15-13-11-9-10-12-14-16-18-20-26(33)28(24(5)6)32-30(36)38-8-2/h25,27-28,30-31,36-37,42-43H,6-24,26,29,32-35H2,1-5H3;16-21,24-27,33-34,37,40H,5-15,22-23,28-32H2,1-4H3,(H,43,47)(H,44,48);23-25,28H,7-22H2,1-6H3,(H,31,35)(H,32,36)/t42-,43-;33?,34?,37-,40-;25-,28-/m000/s1. The second-order valence-electron chi connectivity index (χ2n) is 39.2. The van der Waals surface area contributed by atoms with Crippen molar-refractivity contribution in [2.24, 2.45) is 59.2 Å². The molecule has 4 amide bonds. The highest BCUT2D eigenvalue weighted by atomic mass is 16.6. The first-order valence-electron chi connectivity index (χ1n) is 53.1. The van der Waals surface area contributed by atoms with Crippen LogP contribution >= 0.6 is 0 Å². The molecule has 0 heterocycles. The van der Waals surface area contributed by atoms with E-state index in [1.165, 1.54) is 208 Å². The maximum Gasteiger partial charge on any atom is 0.408 e. The number of hydrogen-bond donors (Lipinski definition) is 4. The van der Waals surface area contributed by atoms with Crippen molar-refractivity contribution in [1.82, 2.24) is 21.3 Å². The minimum Gasteiger partial charge on any atom is -0.466 e. The number of nitrogens with one attached hydrogen (secondary N) is 4. The third kappa shape index (κ3) is 64.3. The molecule has 0 saturated heterocycles. The van der Waals surface area contributed by atoms with Crippen LogP contribution in [0.1, 0.15) is 435 Å². The lowest BCUT2D eigenvalue weighted by molar-refractivity contribution is -0.149. The summed E-state index contributed by atoms with van der Waals surface area (Å²) in [7, 11) is 0. The molecule has 3 rings (SSSR count). The number of allylic oxidation sites excluding steroid dienone is 3. The second kappa shape index (κ2) is 81.0. The summed E-state index contributed by atoms with van der Waals surface area (Å²) in [5, 5.41) is 11.6. The number of esters is 2. The molecule has 0 radical (unpaired) electrons. The molecule has 0 aliphatic heterocycles. The molecule has 0 saturated carbocycles. The van der Waals surface area contributed by atoms with Crippen molar-refractivity contribution in [1.29, 1.82) is 0 Å². The summed E-state index contributed by atoms with van der Waals surface area (Å²) < 4.78 is 20.7. The van der Waals surface area contributed by atoms with Gasteiger partial charge in [0.15, 0.2) is 11.6 Å². The van der Waals surface area contributed by atoms with Crippen LogP contribution in [0.5, 0.6) is 0 Å². The Morgan fingerprint density at radius 2 is 0.626 bits per heavy atom. The summed E-state index contributed by atoms with van der Waals surface area (Å²) in [6, 6.07) is 28.9. The van der Waals surface area contributed by atoms with Crippen LogP contribution in [0, 0.1) is 59.2 Å². The molecular formula is C115H194N4O12. The van der Waals surface area contributed by atoms with Crippen LogP contribution in [-0.2, 0) is 67.3 Å². The van der Waals surface area contributed by atoms with Gasteiger partial charge in [-0.3, -0.25) is 28.8 Å². The average molecular weight is 1820 g/mol. The fourth-order valence-corrected chi connectivity index (χ4v) is 17.2. The maximum atomic E-state index is 13.0. The van der Waals surface area contributed by atoms with E-state index in [4.69, 9.17) is 18.9 Å². The van der Waals surface area contributed by atoms with Gasteiger partial charge in [0.1, 0.15) is 13.2 Å². The number of ketones is 2. The number of ether oxygens (including phenoxy) is 4. The Balaban J connectivity index is 0.000000993. The van der Waals surface area contributed by atoms with E-state index in [1.807, 2.05) is 116 Å². The lowest BCUT2D eigenvalue weighted by atomic mass is 9.75. The zero-order chi connectivity index (χ0) is 96.9. The number of aryl methyl sites for hydroxylation is 1. The number of amides is 4. The number of Topliss-reactive ketones (excluding diaryl/α,β-unsaturated/α-hetero) is 2. The average Bonchev–Trinajstić information content (AvgIpc) is 0.794. The molecule has 8 atom stereocenters. The molecule has 16 heteroatoms. The van der Waals surface area contributed by atoms with Crippen molar-refractivity contribution in [3.05, 3.63) is 144 Å². The van der Waals surface area contributed by atoms with Crippen molar-refractivity contribution >= 4 is 47.5 Å². The minimum absolute atomic E-state index is 0.0469. The van der Waals surface area contributed by atoms with E-state index < -0.39 is 24.3 Å². The van der Waals surface area contributed by atoms with E-state index in [2.05, 4.69) is 106 Å². The molecule has 2 unspecified atom stereocenters. The van der Waals surface area contributed by atoms with Crippen molar-refractivity contribution < 1.29 is 57.3 Å². The third-order valence-corrected chi connectivity index (χ3v) is 26.4. The maximum absolute atomic E-state index is 13.0. The van der Waals surface area contributed by atoms with Crippen molar-refractivity contribution in [3.63, 3.8) is 0 Å². The van der Waals surface area contributed by atoms with Gasteiger partial charge >= 0.3 is 24.1 Å². The van der Waals surface area contributed by atoms with Crippen LogP contribution in [0.2, 0.25) is 0 Å². The highest BCUT2D eigenvalue weighted by Gasteiger charge is 2.31. The van der Waals surface area contributed by atoms with E-state index in [9.17, 15) is 38.4 Å². The highest BCUT2D eigenvalue weighted by molar-refractivity contribution is 5.88. The Morgan fingerprint density at radius 3 is 1.02 bits per heavy atom. The molecule has 3 aromatic carbocycles. The topological polar surface area (TPSA) is 222 Å². The molecule has 0 aliphatic rings. The van der Waals surface area contributed by atoms with E-state index in [0.717, 1.165) is 120 Å². The van der Waals surface area contributed by atoms with E-state index in [1.54, 1.807) is 13.8 Å². The van der Waals surface area contributed by atoms with Crippen LogP contribution < -0.4 is 21.3 Å². The first-order valence-corrected chi connectivity index (χ1v) is 53.1. The number of benzene rings is 3. The van der Waals surface area contributed by atoms with E-state index >= 15 is 0 Å². The largest absolute Gasteiger partial charge is 0.466 e. The first-order chi connectivity index (χ1) is 63.1. The van der Waals surface area contributed by atoms with Gasteiger partial charge in [0.05, 0.1) is 50.0 Å². The Morgan fingerprint density at radius 1 is 0.298 bits per heavy atom. The van der Waals surface area contributed by atoms with Crippen LogP contribution in [-0.4, -0.2) is 85.9 Å². The summed E-state index contributed by atoms with van der Waals surface area (Å²) in [6.07, 6.45) is 56.1. The van der Waals surface area contributed by atoms with Gasteiger partial charge in [-0.25, -0.2) is 9.59 Å². The number of rotatable bonds is 79. The fourth-order valence-electron chi connectivity index (χ4n) is 17.2. The van der Waals surface area contributed by atoms with Gasteiger partial charge in [0.25, 0.3) is 0 Å². The summed E-state index contributed by atoms with van der Waals surface area (Å²) in [5.41, 5.74) is 7.50. The predicted molar refractivity (Wildman–Crippen MR) is 549 cm³/mol. The van der Waals surface area contributed by atoms with Gasteiger partial charge in [0.2, 0.25) is 11.8 Å². The number of unbranched alkanes of at least 4 members (excludes halogenated alkanes) is 36. The van der Waals surface area contributed by atoms with Gasteiger partial charge in [0, 0.05) is 25.9 Å². The zero-order valence-corrected chi connectivity index (χ0v) is 86.2. The molecule has 0 aromatic heterocycles. The first kappa shape index (κ1) is 122. The Kier molecular flexibility index (Phi) is 75.3. The van der Waals surface area contributed by atoms with Gasteiger partial charge < -0.3 is 40.2 Å². The van der Waals surface area contributed by atoms with Crippen LogP contribution in [0.3, 0.4) is 0 Å². The monoisotopic (exact) mass is 1820 g/mol. The summed E-state index contributed by atoms with van der Waals surface area (Å²) in [4.78, 5) is 99.0. The molecule has 3 aromatic rings. The molecule has 131 heavy (non-hydrogen) atoms. The molecule has 16 nitrogen and oxygen atoms in total. The fraction of sp³-hybridized carbons (Fsp3) is 0.722.